The lowest BCUT2D eigenvalue weighted by molar-refractivity contribution is -0.121. The number of carbonyl (C=O) groups excluding carboxylic acids is 1. The molecule has 1 aromatic heterocycles. The fourth-order valence-electron chi connectivity index (χ4n) is 2.58. The molecule has 1 heterocycles. The van der Waals surface area contributed by atoms with Crippen molar-refractivity contribution in [3.63, 3.8) is 0 Å². The number of nitrogens with one attached hydrogen (secondary N) is 1. The molecule has 1 N–H and O–H groups in total. The number of hydrogen-bond acceptors (Lipinski definition) is 1. The van der Waals surface area contributed by atoms with E-state index < -0.39 is 0 Å². The van der Waals surface area contributed by atoms with Gasteiger partial charge in [0.05, 0.1) is 12.5 Å². The van der Waals surface area contributed by atoms with Gasteiger partial charge >= 0.3 is 0 Å². The van der Waals surface area contributed by atoms with Crippen LogP contribution in [0.15, 0.2) is 48.8 Å². The molecular weight excluding hydrogens is 248 g/mol. The topological polar surface area (TPSA) is 34.0 Å². The van der Waals surface area contributed by atoms with Crippen LogP contribution in [0.3, 0.4) is 0 Å². The van der Waals surface area contributed by atoms with Crippen LogP contribution < -0.4 is 5.32 Å². The van der Waals surface area contributed by atoms with Crippen LogP contribution in [0.4, 0.5) is 0 Å². The van der Waals surface area contributed by atoms with Crippen LogP contribution >= 0.6 is 0 Å². The molecule has 1 amide bonds. The van der Waals surface area contributed by atoms with Crippen LogP contribution in [-0.2, 0) is 4.79 Å². The second-order valence-corrected chi connectivity index (χ2v) is 5.55. The summed E-state index contributed by atoms with van der Waals surface area (Å²) in [5.41, 5.74) is 2.44. The number of benzene rings is 1. The summed E-state index contributed by atoms with van der Waals surface area (Å²) in [5, 5.41) is 3.08. The molecule has 1 unspecified atom stereocenters. The highest BCUT2D eigenvalue weighted by molar-refractivity contribution is 5.77. The van der Waals surface area contributed by atoms with Gasteiger partial charge in [-0.3, -0.25) is 4.79 Å². The third-order valence-corrected chi connectivity index (χ3v) is 3.86. The molecule has 1 saturated carbocycles. The summed E-state index contributed by atoms with van der Waals surface area (Å²) in [6.07, 6.45) is 6.81. The van der Waals surface area contributed by atoms with E-state index in [1.165, 1.54) is 11.1 Å². The summed E-state index contributed by atoms with van der Waals surface area (Å²) in [6, 6.07) is 12.8. The minimum atomic E-state index is 0.0740. The molecule has 3 nitrogen and oxygen atoms in total. The first-order valence-electron chi connectivity index (χ1n) is 7.21. The molecule has 1 aliphatic carbocycles. The van der Waals surface area contributed by atoms with Crippen molar-refractivity contribution in [3.05, 3.63) is 59.9 Å². The van der Waals surface area contributed by atoms with E-state index in [-0.39, 0.29) is 11.9 Å². The molecule has 2 aromatic rings. The lowest BCUT2D eigenvalue weighted by atomic mass is 9.98. The Morgan fingerprint density at radius 1 is 1.25 bits per heavy atom. The maximum absolute atomic E-state index is 12.2. The van der Waals surface area contributed by atoms with Gasteiger partial charge < -0.3 is 9.88 Å². The van der Waals surface area contributed by atoms with E-state index in [9.17, 15) is 4.79 Å². The predicted octanol–water partition coefficient (Wildman–Crippen LogP) is 3.05. The summed E-state index contributed by atoms with van der Waals surface area (Å²) in [4.78, 5) is 12.2. The average molecular weight is 268 g/mol. The first-order valence-corrected chi connectivity index (χ1v) is 7.21. The molecule has 1 aliphatic rings. The summed E-state index contributed by atoms with van der Waals surface area (Å²) in [7, 11) is 0. The number of aryl methyl sites for hydroxylation is 1. The van der Waals surface area contributed by atoms with Crippen molar-refractivity contribution < 1.29 is 4.79 Å². The van der Waals surface area contributed by atoms with E-state index in [0.717, 1.165) is 12.8 Å². The first-order chi connectivity index (χ1) is 9.74. The van der Waals surface area contributed by atoms with Gasteiger partial charge in [-0.15, -0.1) is 0 Å². The highest BCUT2D eigenvalue weighted by Gasteiger charge is 2.25. The number of aromatic nitrogens is 1. The maximum Gasteiger partial charge on any atom is 0.222 e. The van der Waals surface area contributed by atoms with E-state index in [2.05, 4.69) is 28.9 Å². The van der Waals surface area contributed by atoms with Gasteiger partial charge in [-0.2, -0.15) is 0 Å². The minimum Gasteiger partial charge on any atom is -0.353 e. The highest BCUT2D eigenvalue weighted by atomic mass is 16.1. The van der Waals surface area contributed by atoms with Gasteiger partial charge in [0.15, 0.2) is 0 Å². The summed E-state index contributed by atoms with van der Waals surface area (Å²) in [6.45, 7) is 2.10. The van der Waals surface area contributed by atoms with Gasteiger partial charge in [0.1, 0.15) is 0 Å². The monoisotopic (exact) mass is 268 g/mol. The largest absolute Gasteiger partial charge is 0.353 e. The molecule has 0 spiro atoms. The Morgan fingerprint density at radius 3 is 2.60 bits per heavy atom. The van der Waals surface area contributed by atoms with E-state index in [1.807, 2.05) is 36.7 Å². The molecular formula is C17H20N2O. The Balaban J connectivity index is 1.84. The van der Waals surface area contributed by atoms with Gasteiger partial charge in [-0.1, -0.05) is 24.3 Å². The number of rotatable bonds is 5. The van der Waals surface area contributed by atoms with E-state index in [0.29, 0.717) is 12.5 Å². The first kappa shape index (κ1) is 13.0. The van der Waals surface area contributed by atoms with Gasteiger partial charge in [-0.05, 0) is 43.0 Å². The molecule has 1 fully saturated rings. The van der Waals surface area contributed by atoms with Crippen molar-refractivity contribution in [1.29, 1.82) is 0 Å². The molecule has 0 saturated heterocycles. The molecule has 0 radical (unpaired) electrons. The third-order valence-electron chi connectivity index (χ3n) is 3.86. The van der Waals surface area contributed by atoms with Crippen molar-refractivity contribution in [2.45, 2.75) is 38.3 Å². The quantitative estimate of drug-likeness (QED) is 0.888. The van der Waals surface area contributed by atoms with Crippen molar-refractivity contribution in [2.24, 2.45) is 0 Å². The maximum atomic E-state index is 12.2. The second kappa shape index (κ2) is 5.53. The third kappa shape index (κ3) is 2.93. The molecule has 104 valence electrons. The summed E-state index contributed by atoms with van der Waals surface area (Å²) < 4.78 is 2.12. The van der Waals surface area contributed by atoms with E-state index in [1.54, 1.807) is 0 Å². The molecule has 0 aliphatic heterocycles. The lowest BCUT2D eigenvalue weighted by Gasteiger charge is -2.21. The van der Waals surface area contributed by atoms with Gasteiger partial charge in [0, 0.05) is 18.4 Å². The summed E-state index contributed by atoms with van der Waals surface area (Å²) in [5.74, 6) is 0.148. The Kier molecular flexibility index (Phi) is 3.59. The highest BCUT2D eigenvalue weighted by Crippen LogP contribution is 2.26. The number of hydrogen-bond donors (Lipinski definition) is 1. The predicted molar refractivity (Wildman–Crippen MR) is 79.5 cm³/mol. The van der Waals surface area contributed by atoms with Gasteiger partial charge in [0.25, 0.3) is 0 Å². The zero-order chi connectivity index (χ0) is 13.9. The zero-order valence-electron chi connectivity index (χ0n) is 11.8. The molecule has 3 rings (SSSR count). The van der Waals surface area contributed by atoms with Crippen LogP contribution in [0.25, 0.3) is 0 Å². The van der Waals surface area contributed by atoms with Crippen LogP contribution in [0.2, 0.25) is 0 Å². The molecule has 3 heteroatoms. The van der Waals surface area contributed by atoms with Crippen molar-refractivity contribution in [2.75, 3.05) is 0 Å². The Hall–Kier alpha value is -2.03. The second-order valence-electron chi connectivity index (χ2n) is 5.55. The van der Waals surface area contributed by atoms with Gasteiger partial charge in [0.2, 0.25) is 5.91 Å². The fraction of sp³-hybridized carbons (Fsp3) is 0.353. The minimum absolute atomic E-state index is 0.0740. The number of amides is 1. The molecule has 20 heavy (non-hydrogen) atoms. The molecule has 1 aromatic carbocycles. The SMILES string of the molecule is Cc1ccccc1C(CC(=O)NC1CC1)n1cccc1. The van der Waals surface area contributed by atoms with Crippen LogP contribution in [0.5, 0.6) is 0 Å². The molecule has 0 bridgehead atoms. The fourth-order valence-corrected chi connectivity index (χ4v) is 2.58. The zero-order valence-corrected chi connectivity index (χ0v) is 11.8. The van der Waals surface area contributed by atoms with E-state index in [4.69, 9.17) is 0 Å². The van der Waals surface area contributed by atoms with Crippen LogP contribution in [0.1, 0.15) is 36.4 Å². The smallest absolute Gasteiger partial charge is 0.222 e. The number of nitrogens with zero attached hydrogens (tertiary/aromatic N) is 1. The van der Waals surface area contributed by atoms with E-state index >= 15 is 0 Å². The Labute approximate surface area is 119 Å². The standard InChI is InChI=1S/C17H20N2O/c1-13-6-2-3-7-15(13)16(19-10-4-5-11-19)12-17(20)18-14-8-9-14/h2-7,10-11,14,16H,8-9,12H2,1H3,(H,18,20). The van der Waals surface area contributed by atoms with Crippen molar-refractivity contribution in [3.8, 4) is 0 Å². The van der Waals surface area contributed by atoms with Crippen molar-refractivity contribution >= 4 is 5.91 Å². The molecule has 1 atom stereocenters. The number of carbonyl (C=O) groups is 1. The Bertz CT molecular complexity index is 585. The lowest BCUT2D eigenvalue weighted by Crippen LogP contribution is -2.28. The average Bonchev–Trinajstić information content (AvgIpc) is 3.07. The van der Waals surface area contributed by atoms with Gasteiger partial charge in [-0.25, -0.2) is 0 Å². The van der Waals surface area contributed by atoms with Crippen molar-refractivity contribution in [1.82, 2.24) is 9.88 Å². The Morgan fingerprint density at radius 2 is 1.95 bits per heavy atom. The van der Waals surface area contributed by atoms with Crippen LogP contribution in [-0.4, -0.2) is 16.5 Å². The van der Waals surface area contributed by atoms with Crippen LogP contribution in [0, 0.1) is 6.92 Å². The summed E-state index contributed by atoms with van der Waals surface area (Å²) >= 11 is 0. The normalized spacial score (nSPS) is 15.8.